The SMILES string of the molecule is Cc1ccccc1OCC(=O)N/N=C/c1c2ccccc2cc2ccccc12. The van der Waals surface area contributed by atoms with Crippen molar-refractivity contribution in [3.8, 4) is 5.75 Å². The van der Waals surface area contributed by atoms with Gasteiger partial charge in [-0.2, -0.15) is 5.10 Å². The van der Waals surface area contributed by atoms with Gasteiger partial charge in [-0.3, -0.25) is 4.79 Å². The van der Waals surface area contributed by atoms with Crippen LogP contribution in [0.15, 0.2) is 84.0 Å². The van der Waals surface area contributed by atoms with Gasteiger partial charge in [0.2, 0.25) is 0 Å². The fourth-order valence-electron chi connectivity index (χ4n) is 3.25. The first kappa shape index (κ1) is 17.7. The topological polar surface area (TPSA) is 50.7 Å². The second kappa shape index (κ2) is 7.92. The van der Waals surface area contributed by atoms with Gasteiger partial charge in [-0.1, -0.05) is 66.7 Å². The molecule has 4 nitrogen and oxygen atoms in total. The third-order valence-corrected chi connectivity index (χ3v) is 4.65. The molecule has 0 aliphatic rings. The normalized spacial score (nSPS) is 11.2. The predicted octanol–water partition coefficient (Wildman–Crippen LogP) is 4.83. The lowest BCUT2D eigenvalue weighted by atomic mass is 9.97. The van der Waals surface area contributed by atoms with Gasteiger partial charge in [0.25, 0.3) is 5.91 Å². The predicted molar refractivity (Wildman–Crippen MR) is 114 cm³/mol. The van der Waals surface area contributed by atoms with E-state index in [2.05, 4.69) is 40.9 Å². The van der Waals surface area contributed by atoms with Crippen molar-refractivity contribution >= 4 is 33.7 Å². The Morgan fingerprint density at radius 1 is 0.929 bits per heavy atom. The maximum Gasteiger partial charge on any atom is 0.277 e. The Hall–Kier alpha value is -3.66. The van der Waals surface area contributed by atoms with Crippen molar-refractivity contribution < 1.29 is 9.53 Å². The Morgan fingerprint density at radius 2 is 1.54 bits per heavy atom. The smallest absolute Gasteiger partial charge is 0.277 e. The van der Waals surface area contributed by atoms with Crippen LogP contribution >= 0.6 is 0 Å². The van der Waals surface area contributed by atoms with Crippen LogP contribution in [0.25, 0.3) is 21.5 Å². The zero-order chi connectivity index (χ0) is 19.3. The zero-order valence-corrected chi connectivity index (χ0v) is 15.6. The maximum atomic E-state index is 12.1. The summed E-state index contributed by atoms with van der Waals surface area (Å²) in [6.45, 7) is 1.86. The minimum absolute atomic E-state index is 0.0848. The average molecular weight is 368 g/mol. The van der Waals surface area contributed by atoms with E-state index in [1.165, 1.54) is 0 Å². The quantitative estimate of drug-likeness (QED) is 0.312. The first-order chi connectivity index (χ1) is 13.7. The number of para-hydroxylation sites is 1. The van der Waals surface area contributed by atoms with Crippen molar-refractivity contribution in [3.05, 3.63) is 90.0 Å². The van der Waals surface area contributed by atoms with Crippen LogP contribution in [-0.4, -0.2) is 18.7 Å². The first-order valence-electron chi connectivity index (χ1n) is 9.13. The molecule has 4 aromatic carbocycles. The number of carbonyl (C=O) groups is 1. The Balaban J connectivity index is 1.53. The molecule has 1 amide bonds. The molecule has 4 heteroatoms. The van der Waals surface area contributed by atoms with Gasteiger partial charge in [-0.15, -0.1) is 0 Å². The lowest BCUT2D eigenvalue weighted by molar-refractivity contribution is -0.123. The van der Waals surface area contributed by atoms with Crippen LogP contribution in [0.5, 0.6) is 5.75 Å². The van der Waals surface area contributed by atoms with Crippen LogP contribution < -0.4 is 10.2 Å². The Morgan fingerprint density at radius 3 is 2.21 bits per heavy atom. The number of carbonyl (C=O) groups excluding carboxylic acids is 1. The van der Waals surface area contributed by atoms with E-state index in [0.29, 0.717) is 5.75 Å². The van der Waals surface area contributed by atoms with Crippen LogP contribution in [0.1, 0.15) is 11.1 Å². The van der Waals surface area contributed by atoms with E-state index in [1.54, 1.807) is 6.21 Å². The van der Waals surface area contributed by atoms with Crippen LogP contribution in [0.4, 0.5) is 0 Å². The summed E-state index contributed by atoms with van der Waals surface area (Å²) in [5.74, 6) is 0.394. The van der Waals surface area contributed by atoms with Crippen molar-refractivity contribution in [2.45, 2.75) is 6.92 Å². The summed E-state index contributed by atoms with van der Waals surface area (Å²) in [5, 5.41) is 8.63. The van der Waals surface area contributed by atoms with Crippen LogP contribution in [0, 0.1) is 6.92 Å². The molecular weight excluding hydrogens is 348 g/mol. The number of rotatable bonds is 5. The first-order valence-corrected chi connectivity index (χ1v) is 9.13. The van der Waals surface area contributed by atoms with Crippen LogP contribution in [-0.2, 0) is 4.79 Å². The fourth-order valence-corrected chi connectivity index (χ4v) is 3.25. The summed E-state index contributed by atoms with van der Waals surface area (Å²) < 4.78 is 5.56. The van der Waals surface area contributed by atoms with E-state index in [9.17, 15) is 4.79 Å². The molecule has 0 radical (unpaired) electrons. The number of fused-ring (bicyclic) bond motifs is 2. The van der Waals surface area contributed by atoms with Gasteiger partial charge < -0.3 is 4.74 Å². The fraction of sp³-hybridized carbons (Fsp3) is 0.0833. The van der Waals surface area contributed by atoms with Crippen molar-refractivity contribution in [1.29, 1.82) is 0 Å². The molecule has 0 saturated carbocycles. The van der Waals surface area contributed by atoms with Gasteiger partial charge >= 0.3 is 0 Å². The summed E-state index contributed by atoms with van der Waals surface area (Å²) in [5.41, 5.74) is 4.52. The molecule has 0 atom stereocenters. The minimum Gasteiger partial charge on any atom is -0.483 e. The van der Waals surface area contributed by atoms with Gasteiger partial charge in [-0.25, -0.2) is 5.43 Å². The number of hydrogen-bond donors (Lipinski definition) is 1. The summed E-state index contributed by atoms with van der Waals surface area (Å²) >= 11 is 0. The molecule has 0 unspecified atom stereocenters. The molecule has 0 aromatic heterocycles. The number of aryl methyl sites for hydroxylation is 1. The monoisotopic (exact) mass is 368 g/mol. The highest BCUT2D eigenvalue weighted by Crippen LogP contribution is 2.27. The summed E-state index contributed by atoms with van der Waals surface area (Å²) in [7, 11) is 0. The number of benzene rings is 4. The third-order valence-electron chi connectivity index (χ3n) is 4.65. The largest absolute Gasteiger partial charge is 0.483 e. The highest BCUT2D eigenvalue weighted by Gasteiger charge is 2.06. The van der Waals surface area contributed by atoms with Gasteiger partial charge in [0.05, 0.1) is 6.21 Å². The lowest BCUT2D eigenvalue weighted by Crippen LogP contribution is -2.24. The zero-order valence-electron chi connectivity index (χ0n) is 15.6. The number of nitrogens with one attached hydrogen (secondary N) is 1. The lowest BCUT2D eigenvalue weighted by Gasteiger charge is -2.09. The molecule has 4 aromatic rings. The Bertz CT molecular complexity index is 1130. The van der Waals surface area contributed by atoms with Gasteiger partial charge in [0.15, 0.2) is 6.61 Å². The van der Waals surface area contributed by atoms with Gasteiger partial charge in [0.1, 0.15) is 5.75 Å². The number of hydrogen-bond acceptors (Lipinski definition) is 3. The van der Waals surface area contributed by atoms with Crippen molar-refractivity contribution in [2.75, 3.05) is 6.61 Å². The van der Waals surface area contributed by atoms with Crippen molar-refractivity contribution in [2.24, 2.45) is 5.10 Å². The van der Waals surface area contributed by atoms with Crippen LogP contribution in [0.2, 0.25) is 0 Å². The molecule has 4 rings (SSSR count). The molecule has 0 fully saturated rings. The van der Waals surface area contributed by atoms with Crippen LogP contribution in [0.3, 0.4) is 0 Å². The highest BCUT2D eigenvalue weighted by molar-refractivity contribution is 6.13. The van der Waals surface area contributed by atoms with Crippen molar-refractivity contribution in [3.63, 3.8) is 0 Å². The Kier molecular flexibility index (Phi) is 5.02. The standard InChI is InChI=1S/C24H20N2O2/c1-17-8-2-7-13-23(17)28-16-24(27)26-25-15-22-20-11-5-3-9-18(20)14-19-10-4-6-12-21(19)22/h2-15H,16H2,1H3,(H,26,27)/b25-15+. The maximum absolute atomic E-state index is 12.1. The van der Waals surface area contributed by atoms with Gasteiger partial charge in [-0.05, 0) is 46.2 Å². The molecule has 28 heavy (non-hydrogen) atoms. The molecule has 0 spiro atoms. The average Bonchev–Trinajstić information content (AvgIpc) is 2.72. The number of nitrogens with zero attached hydrogens (tertiary/aromatic N) is 1. The molecule has 1 N–H and O–H groups in total. The molecule has 0 saturated heterocycles. The molecule has 0 aliphatic heterocycles. The molecule has 138 valence electrons. The van der Waals surface area contributed by atoms with E-state index in [4.69, 9.17) is 4.74 Å². The summed E-state index contributed by atoms with van der Waals surface area (Å²) in [4.78, 5) is 12.1. The molecule has 0 aliphatic carbocycles. The minimum atomic E-state index is -0.302. The summed E-state index contributed by atoms with van der Waals surface area (Å²) in [6, 6.07) is 26.1. The van der Waals surface area contributed by atoms with E-state index in [1.807, 2.05) is 55.5 Å². The van der Waals surface area contributed by atoms with Gasteiger partial charge in [0, 0.05) is 5.56 Å². The molecule has 0 bridgehead atoms. The highest BCUT2D eigenvalue weighted by atomic mass is 16.5. The Labute approximate surface area is 163 Å². The second-order valence-corrected chi connectivity index (χ2v) is 6.58. The van der Waals surface area contributed by atoms with E-state index < -0.39 is 0 Å². The number of amides is 1. The third kappa shape index (κ3) is 3.71. The van der Waals surface area contributed by atoms with E-state index in [-0.39, 0.29) is 12.5 Å². The number of ether oxygens (including phenoxy) is 1. The number of hydrazone groups is 1. The molecule has 0 heterocycles. The van der Waals surface area contributed by atoms with E-state index >= 15 is 0 Å². The molecular formula is C24H20N2O2. The van der Waals surface area contributed by atoms with Crippen molar-refractivity contribution in [1.82, 2.24) is 5.43 Å². The van der Waals surface area contributed by atoms with E-state index in [0.717, 1.165) is 32.7 Å². The second-order valence-electron chi connectivity index (χ2n) is 6.58. The summed E-state index contributed by atoms with van der Waals surface area (Å²) in [6.07, 6.45) is 1.70.